The summed E-state index contributed by atoms with van der Waals surface area (Å²) in [7, 11) is -2.79. The molecule has 0 bridgehead atoms. The Kier molecular flexibility index (Phi) is 6.79. The summed E-state index contributed by atoms with van der Waals surface area (Å²) in [6, 6.07) is 0. The van der Waals surface area contributed by atoms with E-state index in [-0.39, 0.29) is 11.1 Å². The van der Waals surface area contributed by atoms with Crippen molar-refractivity contribution in [2.45, 2.75) is 45.4 Å². The summed E-state index contributed by atoms with van der Waals surface area (Å²) in [5.41, 5.74) is 0. The van der Waals surface area contributed by atoms with Gasteiger partial charge in [-0.05, 0) is 25.7 Å². The average molecular weight is 241 g/mol. The lowest BCUT2D eigenvalue weighted by atomic mass is 9.98. The zero-order valence-corrected chi connectivity index (χ0v) is 10.9. The van der Waals surface area contributed by atoms with E-state index in [0.717, 1.165) is 19.3 Å². The van der Waals surface area contributed by atoms with Crippen molar-refractivity contribution in [2.24, 2.45) is 5.92 Å². The highest BCUT2D eigenvalue weighted by Crippen LogP contribution is 2.20. The van der Waals surface area contributed by atoms with Gasteiger partial charge in [0.1, 0.15) is 9.84 Å². The maximum atomic E-state index is 11.2. The van der Waals surface area contributed by atoms with Gasteiger partial charge in [-0.1, -0.05) is 20.3 Å². The van der Waals surface area contributed by atoms with Crippen LogP contribution < -0.4 is 0 Å². The van der Waals surface area contributed by atoms with Crippen LogP contribution in [0.4, 0.5) is 0 Å². The highest BCUT2D eigenvalue weighted by Gasteiger charge is 2.14. The molecular formula is C10H21ClO2S. The van der Waals surface area contributed by atoms with Crippen LogP contribution in [0.3, 0.4) is 0 Å². The van der Waals surface area contributed by atoms with Gasteiger partial charge in [0.15, 0.2) is 0 Å². The third-order valence-corrected chi connectivity index (χ3v) is 4.79. The van der Waals surface area contributed by atoms with Crippen molar-refractivity contribution in [3.63, 3.8) is 0 Å². The minimum atomic E-state index is -2.79. The molecule has 4 heteroatoms. The predicted octanol–water partition coefficient (Wildman–Crippen LogP) is 2.85. The van der Waals surface area contributed by atoms with Crippen LogP contribution in [0.25, 0.3) is 0 Å². The van der Waals surface area contributed by atoms with Gasteiger partial charge in [0.25, 0.3) is 0 Å². The van der Waals surface area contributed by atoms with Gasteiger partial charge in [-0.2, -0.15) is 0 Å². The summed E-state index contributed by atoms with van der Waals surface area (Å²) in [4.78, 5) is 0. The topological polar surface area (TPSA) is 34.1 Å². The van der Waals surface area contributed by atoms with Crippen LogP contribution in [-0.4, -0.2) is 25.3 Å². The minimum Gasteiger partial charge on any atom is -0.229 e. The molecule has 0 heterocycles. The van der Waals surface area contributed by atoms with Crippen LogP contribution in [0, 0.1) is 5.92 Å². The molecule has 0 spiro atoms. The van der Waals surface area contributed by atoms with E-state index in [9.17, 15) is 8.42 Å². The Labute approximate surface area is 93.0 Å². The van der Waals surface area contributed by atoms with Crippen molar-refractivity contribution in [1.29, 1.82) is 0 Å². The molecule has 2 unspecified atom stereocenters. The first-order valence-electron chi connectivity index (χ1n) is 5.27. The molecule has 86 valence electrons. The molecule has 0 aliphatic carbocycles. The molecule has 0 saturated heterocycles. The summed E-state index contributed by atoms with van der Waals surface area (Å²) in [5, 5.41) is 0.143. The van der Waals surface area contributed by atoms with Crippen molar-refractivity contribution < 1.29 is 8.42 Å². The molecule has 0 fully saturated rings. The van der Waals surface area contributed by atoms with Crippen molar-refractivity contribution in [2.75, 3.05) is 11.5 Å². The fourth-order valence-electron chi connectivity index (χ4n) is 1.47. The molecule has 0 saturated carbocycles. The second kappa shape index (κ2) is 6.67. The highest BCUT2D eigenvalue weighted by atomic mass is 35.5. The van der Waals surface area contributed by atoms with Gasteiger partial charge >= 0.3 is 0 Å². The zero-order valence-electron chi connectivity index (χ0n) is 9.29. The smallest absolute Gasteiger partial charge is 0.150 e. The molecule has 0 aromatic carbocycles. The largest absolute Gasteiger partial charge is 0.229 e. The van der Waals surface area contributed by atoms with E-state index in [1.54, 1.807) is 6.92 Å². The molecule has 0 aromatic heterocycles. The van der Waals surface area contributed by atoms with E-state index < -0.39 is 9.84 Å². The Balaban J connectivity index is 3.83. The van der Waals surface area contributed by atoms with Gasteiger partial charge in [-0.3, -0.25) is 0 Å². The highest BCUT2D eigenvalue weighted by molar-refractivity contribution is 7.91. The lowest BCUT2D eigenvalue weighted by Crippen LogP contribution is -2.14. The predicted molar refractivity (Wildman–Crippen MR) is 62.7 cm³/mol. The summed E-state index contributed by atoms with van der Waals surface area (Å²) < 4.78 is 22.4. The molecule has 0 rings (SSSR count). The molecule has 0 aliphatic heterocycles. The second-order valence-electron chi connectivity index (χ2n) is 3.72. The first-order valence-corrected chi connectivity index (χ1v) is 7.53. The van der Waals surface area contributed by atoms with Gasteiger partial charge in [0.05, 0.1) is 5.75 Å². The Bertz CT molecular complexity index is 235. The third kappa shape index (κ3) is 5.86. The van der Waals surface area contributed by atoms with Gasteiger partial charge < -0.3 is 0 Å². The summed E-state index contributed by atoms with van der Waals surface area (Å²) in [6.07, 6.45) is 2.68. The molecule has 14 heavy (non-hydrogen) atoms. The molecule has 0 aromatic rings. The van der Waals surface area contributed by atoms with E-state index in [1.165, 1.54) is 0 Å². The fraction of sp³-hybridized carbons (Fsp3) is 1.00. The molecule has 0 N–H and O–H groups in total. The van der Waals surface area contributed by atoms with Crippen LogP contribution >= 0.6 is 11.6 Å². The molecule has 0 amide bonds. The van der Waals surface area contributed by atoms with Crippen LogP contribution in [0.15, 0.2) is 0 Å². The second-order valence-corrected chi connectivity index (χ2v) is 6.89. The van der Waals surface area contributed by atoms with Crippen LogP contribution in [0.5, 0.6) is 0 Å². The number of rotatable bonds is 7. The Morgan fingerprint density at radius 3 is 2.21 bits per heavy atom. The van der Waals surface area contributed by atoms with Gasteiger partial charge in [0.2, 0.25) is 0 Å². The molecule has 2 nitrogen and oxygen atoms in total. The SMILES string of the molecule is CCC(CCCS(=O)(=O)CC)C(C)Cl. The Hall–Kier alpha value is 0.240. The zero-order chi connectivity index (χ0) is 11.2. The van der Waals surface area contributed by atoms with Gasteiger partial charge in [0, 0.05) is 11.1 Å². The quantitative estimate of drug-likeness (QED) is 0.642. The number of hydrogen-bond acceptors (Lipinski definition) is 2. The first-order chi connectivity index (χ1) is 6.43. The third-order valence-electron chi connectivity index (χ3n) is 2.64. The van der Waals surface area contributed by atoms with Crippen molar-refractivity contribution >= 4 is 21.4 Å². The Morgan fingerprint density at radius 1 is 1.29 bits per heavy atom. The fourth-order valence-corrected chi connectivity index (χ4v) is 2.67. The average Bonchev–Trinajstić information content (AvgIpc) is 2.12. The van der Waals surface area contributed by atoms with E-state index in [1.807, 2.05) is 6.92 Å². The summed E-state index contributed by atoms with van der Waals surface area (Å²) in [5.74, 6) is 1.01. The number of sulfone groups is 1. The normalized spacial score (nSPS) is 16.6. The van der Waals surface area contributed by atoms with E-state index >= 15 is 0 Å². The van der Waals surface area contributed by atoms with E-state index in [4.69, 9.17) is 11.6 Å². The maximum Gasteiger partial charge on any atom is 0.150 e. The maximum absolute atomic E-state index is 11.2. The molecule has 0 radical (unpaired) electrons. The Morgan fingerprint density at radius 2 is 1.86 bits per heavy atom. The number of hydrogen-bond donors (Lipinski definition) is 0. The minimum absolute atomic E-state index is 0.143. The number of alkyl halides is 1. The van der Waals surface area contributed by atoms with Crippen molar-refractivity contribution in [3.8, 4) is 0 Å². The van der Waals surface area contributed by atoms with Gasteiger partial charge in [-0.25, -0.2) is 8.42 Å². The monoisotopic (exact) mass is 240 g/mol. The summed E-state index contributed by atoms with van der Waals surface area (Å²) in [6.45, 7) is 5.76. The van der Waals surface area contributed by atoms with Crippen LogP contribution in [0.2, 0.25) is 0 Å². The first kappa shape index (κ1) is 14.2. The van der Waals surface area contributed by atoms with Gasteiger partial charge in [-0.15, -0.1) is 11.6 Å². The lowest BCUT2D eigenvalue weighted by molar-refractivity contribution is 0.456. The van der Waals surface area contributed by atoms with Crippen LogP contribution in [0.1, 0.15) is 40.0 Å². The standard InChI is InChI=1S/C10H21ClO2S/c1-4-10(9(3)11)7-6-8-14(12,13)5-2/h9-10H,4-8H2,1-3H3. The summed E-state index contributed by atoms with van der Waals surface area (Å²) >= 11 is 5.98. The van der Waals surface area contributed by atoms with Crippen molar-refractivity contribution in [3.05, 3.63) is 0 Å². The van der Waals surface area contributed by atoms with E-state index in [2.05, 4.69) is 6.92 Å². The molecular weight excluding hydrogens is 220 g/mol. The lowest BCUT2D eigenvalue weighted by Gasteiger charge is -2.16. The molecule has 0 aliphatic rings. The number of halogens is 1. The van der Waals surface area contributed by atoms with Crippen molar-refractivity contribution in [1.82, 2.24) is 0 Å². The molecule has 2 atom stereocenters. The van der Waals surface area contributed by atoms with E-state index in [0.29, 0.717) is 11.7 Å². The van der Waals surface area contributed by atoms with Crippen LogP contribution in [-0.2, 0) is 9.84 Å².